The molecule has 0 aromatic heterocycles. The molecule has 0 aliphatic rings. The summed E-state index contributed by atoms with van der Waals surface area (Å²) in [6.07, 6.45) is 0. The minimum atomic E-state index is -5.07. The van der Waals surface area contributed by atoms with E-state index in [1.54, 1.807) is 0 Å². The SMILES string of the molecule is O=S(=O)(O)C(F)F.[InH3]. The molecule has 0 radical (unpaired) electrons. The van der Waals surface area contributed by atoms with Crippen LogP contribution < -0.4 is 0 Å². The maximum atomic E-state index is 10.7. The van der Waals surface area contributed by atoms with Crippen molar-refractivity contribution >= 4 is 36.0 Å². The molecular formula is CH5F2InO3S. The number of halogens is 2. The second-order valence-electron chi connectivity index (χ2n) is 0.776. The molecule has 0 amide bonds. The molecule has 0 fully saturated rings. The quantitative estimate of drug-likeness (QED) is 0.602. The molecule has 0 aromatic rings. The zero-order valence-corrected chi connectivity index (χ0v) is 3.82. The van der Waals surface area contributed by atoms with Crippen LogP contribution in [0.1, 0.15) is 0 Å². The first kappa shape index (κ1) is 11.4. The first-order chi connectivity index (χ1) is 2.94. The van der Waals surface area contributed by atoms with Crippen molar-refractivity contribution in [2.24, 2.45) is 0 Å². The Balaban J connectivity index is 0. The fourth-order valence-corrected chi connectivity index (χ4v) is 0. The Morgan fingerprint density at radius 1 is 1.38 bits per heavy atom. The van der Waals surface area contributed by atoms with Crippen molar-refractivity contribution in [3.63, 3.8) is 0 Å². The van der Waals surface area contributed by atoms with Gasteiger partial charge in [0.15, 0.2) is 0 Å². The van der Waals surface area contributed by atoms with Gasteiger partial charge in [0.1, 0.15) is 0 Å². The second-order valence-corrected chi connectivity index (χ2v) is 2.16. The summed E-state index contributed by atoms with van der Waals surface area (Å²) in [7, 11) is -5.07. The van der Waals surface area contributed by atoms with Crippen LogP contribution in [0.2, 0.25) is 0 Å². The van der Waals surface area contributed by atoms with E-state index in [1.807, 2.05) is 0 Å². The topological polar surface area (TPSA) is 54.4 Å². The van der Waals surface area contributed by atoms with Crippen molar-refractivity contribution in [1.82, 2.24) is 0 Å². The molecule has 0 spiro atoms. The van der Waals surface area contributed by atoms with E-state index in [0.29, 0.717) is 0 Å². The third kappa shape index (κ3) is 4.79. The van der Waals surface area contributed by atoms with Gasteiger partial charge in [-0.1, -0.05) is 0 Å². The predicted octanol–water partition coefficient (Wildman–Crippen LogP) is -1.09. The van der Waals surface area contributed by atoms with Gasteiger partial charge >= 0.3 is 41.7 Å². The van der Waals surface area contributed by atoms with Crippen molar-refractivity contribution in [1.29, 1.82) is 0 Å². The van der Waals surface area contributed by atoms with Crippen LogP contribution >= 0.6 is 0 Å². The molecule has 0 rings (SSSR count). The molecule has 0 bridgehead atoms. The Kier molecular flexibility index (Phi) is 5.18. The van der Waals surface area contributed by atoms with Gasteiger partial charge < -0.3 is 0 Å². The van der Waals surface area contributed by atoms with Gasteiger partial charge in [-0.2, -0.15) is 17.2 Å². The fourth-order valence-electron chi connectivity index (χ4n) is 0. The normalized spacial score (nSPS) is 11.0. The van der Waals surface area contributed by atoms with E-state index < -0.39 is 15.9 Å². The monoisotopic (exact) mass is 250 g/mol. The molecule has 0 unspecified atom stereocenters. The molecule has 0 heterocycles. The third-order valence-corrected chi connectivity index (χ3v) is 0.675. The predicted molar refractivity (Wildman–Crippen MR) is 27.5 cm³/mol. The van der Waals surface area contributed by atoms with E-state index in [9.17, 15) is 8.78 Å². The van der Waals surface area contributed by atoms with Crippen LogP contribution in [0.5, 0.6) is 0 Å². The van der Waals surface area contributed by atoms with Crippen LogP contribution in [0.4, 0.5) is 8.78 Å². The van der Waals surface area contributed by atoms with E-state index in [2.05, 4.69) is 0 Å². The fraction of sp³-hybridized carbons (Fsp3) is 1.00. The van der Waals surface area contributed by atoms with Gasteiger partial charge in [0, 0.05) is 0 Å². The molecule has 0 saturated heterocycles. The van der Waals surface area contributed by atoms with Crippen molar-refractivity contribution in [3.8, 4) is 0 Å². The molecular weight excluding hydrogens is 245 g/mol. The molecule has 3 nitrogen and oxygen atoms in total. The summed E-state index contributed by atoms with van der Waals surface area (Å²) in [6, 6.07) is 0. The van der Waals surface area contributed by atoms with Crippen molar-refractivity contribution in [2.75, 3.05) is 0 Å². The zero-order valence-electron chi connectivity index (χ0n) is 3.01. The van der Waals surface area contributed by atoms with E-state index in [1.165, 1.54) is 0 Å². The first-order valence-electron chi connectivity index (χ1n) is 1.19. The summed E-state index contributed by atoms with van der Waals surface area (Å²) < 4.78 is 47.0. The Bertz CT molecular complexity index is 139. The van der Waals surface area contributed by atoms with E-state index in [0.717, 1.165) is 0 Å². The van der Waals surface area contributed by atoms with Crippen LogP contribution in [-0.2, 0) is 10.1 Å². The number of hydrogen-bond acceptors (Lipinski definition) is 2. The summed E-state index contributed by atoms with van der Waals surface area (Å²) >= 11 is 0. The van der Waals surface area contributed by atoms with Crippen molar-refractivity contribution < 1.29 is 21.8 Å². The molecule has 8 heavy (non-hydrogen) atoms. The van der Waals surface area contributed by atoms with Crippen LogP contribution in [0, 0.1) is 0 Å². The Morgan fingerprint density at radius 2 is 1.50 bits per heavy atom. The van der Waals surface area contributed by atoms with Gasteiger partial charge in [-0.15, -0.1) is 0 Å². The zero-order chi connectivity index (χ0) is 6.08. The van der Waals surface area contributed by atoms with E-state index >= 15 is 0 Å². The Hall–Kier alpha value is 0.640. The van der Waals surface area contributed by atoms with E-state index in [-0.39, 0.29) is 25.8 Å². The molecule has 0 aliphatic carbocycles. The summed E-state index contributed by atoms with van der Waals surface area (Å²) in [6.45, 7) is 0. The van der Waals surface area contributed by atoms with Crippen LogP contribution in [0.15, 0.2) is 0 Å². The molecule has 50 valence electrons. The first-order valence-corrected chi connectivity index (χ1v) is 2.69. The number of hydrogen-bond donors (Lipinski definition) is 1. The number of alkyl halides is 2. The minimum absolute atomic E-state index is 0. The molecule has 1 N–H and O–H groups in total. The molecule has 0 aliphatic heterocycles. The molecule has 0 atom stereocenters. The van der Waals surface area contributed by atoms with Gasteiger partial charge in [0.2, 0.25) is 0 Å². The van der Waals surface area contributed by atoms with Gasteiger partial charge in [0.25, 0.3) is 0 Å². The Labute approximate surface area is 63.6 Å². The average molecular weight is 250 g/mol. The molecule has 0 saturated carbocycles. The van der Waals surface area contributed by atoms with Crippen LogP contribution in [-0.4, -0.2) is 44.6 Å². The Morgan fingerprint density at radius 3 is 1.50 bits per heavy atom. The van der Waals surface area contributed by atoms with Crippen molar-refractivity contribution in [2.45, 2.75) is 5.76 Å². The van der Waals surface area contributed by atoms with Gasteiger partial charge in [-0.05, 0) is 0 Å². The maximum absolute atomic E-state index is 10.7. The summed E-state index contributed by atoms with van der Waals surface area (Å²) in [4.78, 5) is 0. The summed E-state index contributed by atoms with van der Waals surface area (Å²) in [5.74, 6) is -3.67. The summed E-state index contributed by atoms with van der Waals surface area (Å²) in [5.41, 5.74) is 0. The van der Waals surface area contributed by atoms with Gasteiger partial charge in [-0.25, -0.2) is 0 Å². The van der Waals surface area contributed by atoms with Gasteiger partial charge in [0.05, 0.1) is 0 Å². The number of rotatable bonds is 1. The third-order valence-electron chi connectivity index (χ3n) is 0.225. The second kappa shape index (κ2) is 3.62. The van der Waals surface area contributed by atoms with Gasteiger partial charge in [-0.3, -0.25) is 4.55 Å². The molecule has 7 heteroatoms. The van der Waals surface area contributed by atoms with Crippen LogP contribution in [0.25, 0.3) is 0 Å². The standard InChI is InChI=1S/CH2F2O3S.In.3H/c2-1(3)7(4,5)6;;;;/h1H,(H,4,5,6);;;;. The van der Waals surface area contributed by atoms with E-state index in [4.69, 9.17) is 13.0 Å². The van der Waals surface area contributed by atoms with Crippen LogP contribution in [0.3, 0.4) is 0 Å². The summed E-state index contributed by atoms with van der Waals surface area (Å²) in [5, 5.41) is 0. The molecule has 0 aromatic carbocycles. The van der Waals surface area contributed by atoms with Crippen molar-refractivity contribution in [3.05, 3.63) is 0 Å². The average Bonchev–Trinajstić information content (AvgIpc) is 1.31.